The molecule has 0 aliphatic rings. The molecule has 0 saturated carbocycles. The molecule has 1 aromatic rings. The third kappa shape index (κ3) is 2.36. The number of aliphatic carboxylic acids is 1. The molecule has 1 amide bonds. The third-order valence-electron chi connectivity index (χ3n) is 2.45. The van der Waals surface area contributed by atoms with Crippen LogP contribution in [0.15, 0.2) is 12.1 Å². The highest BCUT2D eigenvalue weighted by Crippen LogP contribution is 2.24. The van der Waals surface area contributed by atoms with Gasteiger partial charge in [-0.1, -0.05) is 11.6 Å². The molecule has 1 heterocycles. The van der Waals surface area contributed by atoms with Crippen LogP contribution in [0.1, 0.15) is 23.5 Å². The molecular weight excluding hydrogens is 250 g/mol. The first-order chi connectivity index (χ1) is 7.26. The van der Waals surface area contributed by atoms with Gasteiger partial charge in [0.15, 0.2) is 0 Å². The summed E-state index contributed by atoms with van der Waals surface area (Å²) in [5, 5.41) is 9.00. The normalized spacial score (nSPS) is 11.2. The van der Waals surface area contributed by atoms with Crippen LogP contribution in [0.25, 0.3) is 0 Å². The summed E-state index contributed by atoms with van der Waals surface area (Å²) in [6, 6.07) is 3.20. The first-order valence-electron chi connectivity index (χ1n) is 4.53. The van der Waals surface area contributed by atoms with Gasteiger partial charge in [-0.15, -0.1) is 11.3 Å². The molecule has 4 nitrogen and oxygen atoms in total. The van der Waals surface area contributed by atoms with E-state index in [1.807, 2.05) is 0 Å². The smallest absolute Gasteiger partial charge is 0.329 e. The maximum Gasteiger partial charge on any atom is 0.329 e. The van der Waals surface area contributed by atoms with E-state index < -0.39 is 11.5 Å². The van der Waals surface area contributed by atoms with Crippen LogP contribution < -0.4 is 0 Å². The highest BCUT2D eigenvalue weighted by Gasteiger charge is 2.35. The van der Waals surface area contributed by atoms with Gasteiger partial charge in [0.1, 0.15) is 5.54 Å². The standard InChI is InChI=1S/C10H12ClNO3S/c1-10(2,9(14)15)12(3)8(13)6-4-5-7(11)16-6/h4-5H,1-3H3,(H,14,15). The van der Waals surface area contributed by atoms with Crippen molar-refractivity contribution in [3.63, 3.8) is 0 Å². The van der Waals surface area contributed by atoms with Crippen molar-refractivity contribution in [2.24, 2.45) is 0 Å². The maximum atomic E-state index is 11.9. The minimum absolute atomic E-state index is 0.343. The Hall–Kier alpha value is -1.07. The average Bonchev–Trinajstić information content (AvgIpc) is 2.62. The van der Waals surface area contributed by atoms with Crippen LogP contribution in [0, 0.1) is 0 Å². The molecule has 0 saturated heterocycles. The summed E-state index contributed by atoms with van der Waals surface area (Å²) in [6.07, 6.45) is 0. The molecule has 0 aliphatic carbocycles. The van der Waals surface area contributed by atoms with Gasteiger partial charge in [-0.05, 0) is 26.0 Å². The number of halogens is 1. The quantitative estimate of drug-likeness (QED) is 0.909. The number of carboxylic acids is 1. The number of amides is 1. The molecule has 0 atom stereocenters. The number of nitrogens with zero attached hydrogens (tertiary/aromatic N) is 1. The second kappa shape index (κ2) is 4.43. The van der Waals surface area contributed by atoms with Crippen LogP contribution in [0.5, 0.6) is 0 Å². The second-order valence-corrected chi connectivity index (χ2v) is 5.55. The van der Waals surface area contributed by atoms with Crippen molar-refractivity contribution in [1.82, 2.24) is 4.90 Å². The number of rotatable bonds is 3. The fourth-order valence-electron chi connectivity index (χ4n) is 0.992. The zero-order chi connectivity index (χ0) is 12.5. The molecule has 1 rings (SSSR count). The van der Waals surface area contributed by atoms with Gasteiger partial charge in [0.25, 0.3) is 5.91 Å². The van der Waals surface area contributed by atoms with Crippen molar-refractivity contribution in [1.29, 1.82) is 0 Å². The molecule has 0 unspecified atom stereocenters. The summed E-state index contributed by atoms with van der Waals surface area (Å²) in [7, 11) is 1.46. The maximum absolute atomic E-state index is 11.9. The molecule has 0 radical (unpaired) electrons. The predicted octanol–water partition coefficient (Wildman–Crippen LogP) is 2.34. The minimum Gasteiger partial charge on any atom is -0.480 e. The van der Waals surface area contributed by atoms with Gasteiger partial charge >= 0.3 is 5.97 Å². The Morgan fingerprint density at radius 1 is 1.44 bits per heavy atom. The largest absolute Gasteiger partial charge is 0.480 e. The van der Waals surface area contributed by atoms with Gasteiger partial charge < -0.3 is 10.0 Å². The Morgan fingerprint density at radius 2 is 2.00 bits per heavy atom. The van der Waals surface area contributed by atoms with Crippen molar-refractivity contribution in [2.75, 3.05) is 7.05 Å². The van der Waals surface area contributed by atoms with E-state index in [4.69, 9.17) is 16.7 Å². The molecule has 16 heavy (non-hydrogen) atoms. The third-order valence-corrected chi connectivity index (χ3v) is 3.67. The van der Waals surface area contributed by atoms with E-state index in [0.717, 1.165) is 11.3 Å². The van der Waals surface area contributed by atoms with Gasteiger partial charge in [0.05, 0.1) is 9.21 Å². The molecular formula is C10H12ClNO3S. The monoisotopic (exact) mass is 261 g/mol. The van der Waals surface area contributed by atoms with E-state index in [1.54, 1.807) is 12.1 Å². The molecule has 0 bridgehead atoms. The summed E-state index contributed by atoms with van der Waals surface area (Å²) in [5.74, 6) is -1.39. The summed E-state index contributed by atoms with van der Waals surface area (Å²) >= 11 is 6.85. The highest BCUT2D eigenvalue weighted by atomic mass is 35.5. The fraction of sp³-hybridized carbons (Fsp3) is 0.400. The van der Waals surface area contributed by atoms with Crippen LogP contribution in [0.3, 0.4) is 0 Å². The van der Waals surface area contributed by atoms with Crippen LogP contribution in [0.2, 0.25) is 4.34 Å². The minimum atomic E-state index is -1.24. The Morgan fingerprint density at radius 3 is 2.38 bits per heavy atom. The van der Waals surface area contributed by atoms with Gasteiger partial charge in [0, 0.05) is 7.05 Å². The van der Waals surface area contributed by atoms with E-state index in [1.165, 1.54) is 25.8 Å². The number of hydrogen-bond acceptors (Lipinski definition) is 3. The summed E-state index contributed by atoms with van der Waals surface area (Å²) in [4.78, 5) is 24.5. The fourth-order valence-corrected chi connectivity index (χ4v) is 2.01. The van der Waals surface area contributed by atoms with Crippen molar-refractivity contribution < 1.29 is 14.7 Å². The lowest BCUT2D eigenvalue weighted by molar-refractivity contribution is -0.147. The van der Waals surface area contributed by atoms with Gasteiger partial charge in [-0.3, -0.25) is 4.79 Å². The van der Waals surface area contributed by atoms with Crippen molar-refractivity contribution in [3.8, 4) is 0 Å². The lowest BCUT2D eigenvalue weighted by Crippen LogP contribution is -2.50. The number of hydrogen-bond donors (Lipinski definition) is 1. The molecule has 1 N–H and O–H groups in total. The number of carbonyl (C=O) groups is 2. The van der Waals surface area contributed by atoms with E-state index >= 15 is 0 Å². The Labute approximate surface area is 102 Å². The van der Waals surface area contributed by atoms with Crippen molar-refractivity contribution >= 4 is 34.8 Å². The Kier molecular flexibility index (Phi) is 3.60. The summed E-state index contributed by atoms with van der Waals surface area (Å²) < 4.78 is 0.505. The molecule has 0 aliphatic heterocycles. The molecule has 1 aromatic heterocycles. The van der Waals surface area contributed by atoms with E-state index in [0.29, 0.717) is 9.21 Å². The van der Waals surface area contributed by atoms with Crippen molar-refractivity contribution in [3.05, 3.63) is 21.3 Å². The number of thiophene rings is 1. The number of carboxylic acid groups (broad SMARTS) is 1. The van der Waals surface area contributed by atoms with Crippen LogP contribution >= 0.6 is 22.9 Å². The van der Waals surface area contributed by atoms with Gasteiger partial charge in [-0.2, -0.15) is 0 Å². The second-order valence-electron chi connectivity index (χ2n) is 3.83. The van der Waals surface area contributed by atoms with E-state index in [9.17, 15) is 9.59 Å². The predicted molar refractivity (Wildman–Crippen MR) is 63.1 cm³/mol. The summed E-state index contributed by atoms with van der Waals surface area (Å²) in [6.45, 7) is 2.95. The van der Waals surface area contributed by atoms with Crippen LogP contribution in [-0.4, -0.2) is 34.5 Å². The lowest BCUT2D eigenvalue weighted by atomic mass is 10.0. The lowest BCUT2D eigenvalue weighted by Gasteiger charge is -2.31. The average molecular weight is 262 g/mol. The Balaban J connectivity index is 2.95. The summed E-state index contributed by atoms with van der Waals surface area (Å²) in [5.41, 5.74) is -1.24. The molecule has 0 fully saturated rings. The first kappa shape index (κ1) is 13.0. The molecule has 0 spiro atoms. The Bertz CT molecular complexity index is 427. The number of carbonyl (C=O) groups excluding carboxylic acids is 1. The molecule has 0 aromatic carbocycles. The van der Waals surface area contributed by atoms with Crippen molar-refractivity contribution in [2.45, 2.75) is 19.4 Å². The van der Waals surface area contributed by atoms with Gasteiger partial charge in [-0.25, -0.2) is 4.79 Å². The SMILES string of the molecule is CN(C(=O)c1ccc(Cl)s1)C(C)(C)C(=O)O. The molecule has 6 heteroatoms. The van der Waals surface area contributed by atoms with E-state index in [-0.39, 0.29) is 5.91 Å². The zero-order valence-electron chi connectivity index (χ0n) is 9.15. The van der Waals surface area contributed by atoms with Crippen LogP contribution in [0.4, 0.5) is 0 Å². The number of likely N-dealkylation sites (N-methyl/N-ethyl adjacent to an activating group) is 1. The van der Waals surface area contributed by atoms with Gasteiger partial charge in [0.2, 0.25) is 0 Å². The topological polar surface area (TPSA) is 57.6 Å². The van der Waals surface area contributed by atoms with E-state index in [2.05, 4.69) is 0 Å². The zero-order valence-corrected chi connectivity index (χ0v) is 10.7. The highest BCUT2D eigenvalue weighted by molar-refractivity contribution is 7.17. The van der Waals surface area contributed by atoms with Crippen LogP contribution in [-0.2, 0) is 4.79 Å². The molecule has 88 valence electrons. The first-order valence-corrected chi connectivity index (χ1v) is 5.73.